The maximum absolute atomic E-state index is 12.2. The van der Waals surface area contributed by atoms with Crippen molar-refractivity contribution < 1.29 is 18.0 Å². The van der Waals surface area contributed by atoms with Crippen LogP contribution in [-0.2, 0) is 4.79 Å². The van der Waals surface area contributed by atoms with Crippen LogP contribution in [0.25, 0.3) is 0 Å². The summed E-state index contributed by atoms with van der Waals surface area (Å²) in [7, 11) is 1.06. The number of pyridine rings is 1. The van der Waals surface area contributed by atoms with Gasteiger partial charge in [-0.05, 0) is 18.1 Å². The molecule has 0 atom stereocenters. The zero-order chi connectivity index (χ0) is 13.2. The third-order valence-corrected chi connectivity index (χ3v) is 2.24. The Balaban J connectivity index is 3.01. The molecule has 0 spiro atoms. The number of anilines is 1. The second-order valence-electron chi connectivity index (χ2n) is 3.94. The summed E-state index contributed by atoms with van der Waals surface area (Å²) in [6, 6.07) is 4.66. The molecule has 1 rings (SSSR count). The Kier molecular flexibility index (Phi) is 3.75. The van der Waals surface area contributed by atoms with E-state index in [0.29, 0.717) is 10.6 Å². The van der Waals surface area contributed by atoms with Gasteiger partial charge in [0, 0.05) is 12.7 Å². The Morgan fingerprint density at radius 2 is 1.94 bits per heavy atom. The normalized spacial score (nSPS) is 11.7. The van der Waals surface area contributed by atoms with Gasteiger partial charge in [0.05, 0.1) is 0 Å². The van der Waals surface area contributed by atoms with Crippen molar-refractivity contribution in [2.45, 2.75) is 25.9 Å². The van der Waals surface area contributed by atoms with Crippen LogP contribution in [0.1, 0.15) is 25.5 Å². The highest BCUT2D eigenvalue weighted by Crippen LogP contribution is 2.22. The number of nitrogens with zero attached hydrogens (tertiary/aromatic N) is 2. The summed E-state index contributed by atoms with van der Waals surface area (Å²) in [5, 5.41) is 0. The monoisotopic (exact) mass is 246 g/mol. The molecule has 0 aromatic carbocycles. The molecule has 0 radical (unpaired) electrons. The van der Waals surface area contributed by atoms with Gasteiger partial charge in [0.15, 0.2) is 0 Å². The van der Waals surface area contributed by atoms with Crippen molar-refractivity contribution >= 4 is 11.7 Å². The number of alkyl halides is 3. The summed E-state index contributed by atoms with van der Waals surface area (Å²) in [5.41, 5.74) is 0.643. The van der Waals surface area contributed by atoms with Crippen LogP contribution in [0.3, 0.4) is 0 Å². The maximum Gasteiger partial charge on any atom is 0.471 e. The van der Waals surface area contributed by atoms with Crippen molar-refractivity contribution in [1.82, 2.24) is 4.98 Å². The van der Waals surface area contributed by atoms with E-state index in [-0.39, 0.29) is 11.7 Å². The van der Waals surface area contributed by atoms with E-state index >= 15 is 0 Å². The van der Waals surface area contributed by atoms with Gasteiger partial charge < -0.3 is 0 Å². The zero-order valence-electron chi connectivity index (χ0n) is 9.75. The molecule has 0 unspecified atom stereocenters. The lowest BCUT2D eigenvalue weighted by Gasteiger charge is -2.18. The van der Waals surface area contributed by atoms with Crippen LogP contribution < -0.4 is 4.90 Å². The Labute approximate surface area is 97.3 Å². The van der Waals surface area contributed by atoms with Crippen LogP contribution in [0, 0.1) is 0 Å². The third-order valence-electron chi connectivity index (χ3n) is 2.24. The molecule has 1 heterocycles. The molecule has 0 aliphatic rings. The smallest absolute Gasteiger partial charge is 0.292 e. The molecule has 1 aromatic heterocycles. The summed E-state index contributed by atoms with van der Waals surface area (Å²) < 4.78 is 36.7. The number of halogens is 3. The average molecular weight is 246 g/mol. The molecule has 0 saturated carbocycles. The van der Waals surface area contributed by atoms with Crippen LogP contribution in [0.15, 0.2) is 18.2 Å². The number of aromatic nitrogens is 1. The van der Waals surface area contributed by atoms with Crippen LogP contribution in [0.4, 0.5) is 19.0 Å². The van der Waals surface area contributed by atoms with E-state index in [1.54, 1.807) is 12.1 Å². The maximum atomic E-state index is 12.2. The van der Waals surface area contributed by atoms with Crippen LogP contribution in [-0.4, -0.2) is 24.1 Å². The highest BCUT2D eigenvalue weighted by atomic mass is 19.4. The van der Waals surface area contributed by atoms with E-state index in [0.717, 1.165) is 7.05 Å². The molecule has 0 fully saturated rings. The van der Waals surface area contributed by atoms with Crippen molar-refractivity contribution in [2.24, 2.45) is 0 Å². The van der Waals surface area contributed by atoms with Crippen LogP contribution in [0.5, 0.6) is 0 Å². The molecular formula is C11H13F3N2O. The van der Waals surface area contributed by atoms with Crippen molar-refractivity contribution in [3.05, 3.63) is 23.9 Å². The molecule has 0 aliphatic heterocycles. The number of carbonyl (C=O) groups is 1. The second-order valence-corrected chi connectivity index (χ2v) is 3.94. The fourth-order valence-electron chi connectivity index (χ4n) is 1.24. The Hall–Kier alpha value is -1.59. The lowest BCUT2D eigenvalue weighted by Crippen LogP contribution is -2.39. The third kappa shape index (κ3) is 3.18. The first-order valence-corrected chi connectivity index (χ1v) is 5.05. The number of carbonyl (C=O) groups excluding carboxylic acids is 1. The average Bonchev–Trinajstić information content (AvgIpc) is 2.26. The van der Waals surface area contributed by atoms with E-state index < -0.39 is 12.1 Å². The Morgan fingerprint density at radius 1 is 1.35 bits per heavy atom. The lowest BCUT2D eigenvalue weighted by atomic mass is 10.1. The minimum Gasteiger partial charge on any atom is -0.292 e. The largest absolute Gasteiger partial charge is 0.471 e. The van der Waals surface area contributed by atoms with Gasteiger partial charge in [0.1, 0.15) is 5.82 Å². The second kappa shape index (κ2) is 4.73. The van der Waals surface area contributed by atoms with E-state index in [1.165, 1.54) is 6.07 Å². The summed E-state index contributed by atoms with van der Waals surface area (Å²) in [4.78, 5) is 15.5. The molecule has 17 heavy (non-hydrogen) atoms. The fraction of sp³-hybridized carbons (Fsp3) is 0.455. The minimum absolute atomic E-state index is 0.00137. The molecule has 1 aromatic rings. The van der Waals surface area contributed by atoms with Gasteiger partial charge in [-0.3, -0.25) is 9.69 Å². The molecule has 1 amide bonds. The van der Waals surface area contributed by atoms with Crippen LogP contribution >= 0.6 is 0 Å². The fourth-order valence-corrected chi connectivity index (χ4v) is 1.24. The summed E-state index contributed by atoms with van der Waals surface area (Å²) in [5.74, 6) is -1.84. The summed E-state index contributed by atoms with van der Waals surface area (Å²) >= 11 is 0. The highest BCUT2D eigenvalue weighted by Gasteiger charge is 2.42. The number of rotatable bonds is 2. The molecule has 0 N–H and O–H groups in total. The predicted octanol–water partition coefficient (Wildman–Crippen LogP) is 2.73. The lowest BCUT2D eigenvalue weighted by molar-refractivity contribution is -0.170. The topological polar surface area (TPSA) is 33.2 Å². The first-order valence-electron chi connectivity index (χ1n) is 5.05. The number of hydrogen-bond donors (Lipinski definition) is 0. The predicted molar refractivity (Wildman–Crippen MR) is 57.8 cm³/mol. The molecule has 3 nitrogen and oxygen atoms in total. The first-order chi connectivity index (χ1) is 7.73. The number of hydrogen-bond acceptors (Lipinski definition) is 2. The first kappa shape index (κ1) is 13.5. The van der Waals surface area contributed by atoms with E-state index in [2.05, 4.69) is 4.98 Å². The van der Waals surface area contributed by atoms with Crippen molar-refractivity contribution in [3.8, 4) is 0 Å². The number of amides is 1. The van der Waals surface area contributed by atoms with Gasteiger partial charge in [-0.2, -0.15) is 13.2 Å². The van der Waals surface area contributed by atoms with E-state index in [1.807, 2.05) is 13.8 Å². The Morgan fingerprint density at radius 3 is 2.41 bits per heavy atom. The van der Waals surface area contributed by atoms with Gasteiger partial charge in [-0.25, -0.2) is 4.98 Å². The van der Waals surface area contributed by atoms with Gasteiger partial charge in [-0.15, -0.1) is 0 Å². The molecule has 0 bridgehead atoms. The molecule has 94 valence electrons. The van der Waals surface area contributed by atoms with Gasteiger partial charge in [0.2, 0.25) is 0 Å². The van der Waals surface area contributed by atoms with E-state index in [4.69, 9.17) is 0 Å². The van der Waals surface area contributed by atoms with Crippen molar-refractivity contribution in [1.29, 1.82) is 0 Å². The molecule has 0 aliphatic carbocycles. The minimum atomic E-state index is -4.88. The van der Waals surface area contributed by atoms with Crippen molar-refractivity contribution in [3.63, 3.8) is 0 Å². The Bertz CT molecular complexity index is 415. The molecular weight excluding hydrogens is 233 g/mol. The standard InChI is InChI=1S/C11H13F3N2O/c1-7(2)8-5-4-6-9(15-8)16(3)10(17)11(12,13)14/h4-7H,1-3H3. The van der Waals surface area contributed by atoms with Crippen molar-refractivity contribution in [2.75, 3.05) is 11.9 Å². The van der Waals surface area contributed by atoms with Gasteiger partial charge >= 0.3 is 12.1 Å². The molecule has 6 heteroatoms. The zero-order valence-corrected chi connectivity index (χ0v) is 9.75. The quantitative estimate of drug-likeness (QED) is 0.803. The van der Waals surface area contributed by atoms with Crippen LogP contribution in [0.2, 0.25) is 0 Å². The van der Waals surface area contributed by atoms with Gasteiger partial charge in [0.25, 0.3) is 0 Å². The summed E-state index contributed by atoms with van der Waals surface area (Å²) in [6.45, 7) is 3.75. The van der Waals surface area contributed by atoms with E-state index in [9.17, 15) is 18.0 Å². The summed E-state index contributed by atoms with van der Waals surface area (Å²) in [6.07, 6.45) is -4.88. The molecule has 0 saturated heterocycles. The highest BCUT2D eigenvalue weighted by molar-refractivity contribution is 5.95. The van der Waals surface area contributed by atoms with Gasteiger partial charge in [-0.1, -0.05) is 19.9 Å². The SMILES string of the molecule is CC(C)c1cccc(N(C)C(=O)C(F)(F)F)n1.